The number of hydrogen-bond donors (Lipinski definition) is 0. The molecule has 146 valence electrons. The fourth-order valence-corrected chi connectivity index (χ4v) is 3.67. The summed E-state index contributed by atoms with van der Waals surface area (Å²) in [5.41, 5.74) is 2.56. The van der Waals surface area contributed by atoms with Gasteiger partial charge >= 0.3 is 5.76 Å². The molecule has 1 aromatic heterocycles. The highest BCUT2D eigenvalue weighted by molar-refractivity contribution is 5.94. The molecule has 1 aliphatic rings. The van der Waals surface area contributed by atoms with Gasteiger partial charge in [0.1, 0.15) is 5.82 Å². The van der Waals surface area contributed by atoms with Crippen LogP contribution in [0.25, 0.3) is 11.1 Å². The zero-order chi connectivity index (χ0) is 19.7. The van der Waals surface area contributed by atoms with Crippen LogP contribution in [0.5, 0.6) is 0 Å². The lowest BCUT2D eigenvalue weighted by atomic mass is 10.2. The number of benzene rings is 2. The fraction of sp³-hybridized carbons (Fsp3) is 0.333. The Balaban J connectivity index is 1.44. The van der Waals surface area contributed by atoms with Gasteiger partial charge in [-0.2, -0.15) is 0 Å². The van der Waals surface area contributed by atoms with Gasteiger partial charge in [0.15, 0.2) is 5.58 Å². The standard InChI is InChI=1S/C21H22FN3O3/c1-23-18-13-15(7-8-19(18)28-21(23)27)14-24-9-4-10-25(12-11-24)20(26)16-5-2-3-6-17(16)22/h2-3,5-8,13H,4,9-12,14H2,1H3. The maximum atomic E-state index is 13.9. The van der Waals surface area contributed by atoms with Gasteiger partial charge in [-0.05, 0) is 36.2 Å². The number of aryl methyl sites for hydroxylation is 1. The van der Waals surface area contributed by atoms with Crippen molar-refractivity contribution in [2.75, 3.05) is 26.2 Å². The first kappa shape index (κ1) is 18.4. The third-order valence-corrected chi connectivity index (χ3v) is 5.24. The molecular weight excluding hydrogens is 361 g/mol. The van der Waals surface area contributed by atoms with Crippen LogP contribution in [0, 0.1) is 5.82 Å². The highest BCUT2D eigenvalue weighted by Gasteiger charge is 2.22. The molecule has 1 amide bonds. The van der Waals surface area contributed by atoms with Crippen molar-refractivity contribution in [3.63, 3.8) is 0 Å². The Hall–Kier alpha value is -2.93. The van der Waals surface area contributed by atoms with E-state index < -0.39 is 5.82 Å². The van der Waals surface area contributed by atoms with Gasteiger partial charge < -0.3 is 9.32 Å². The minimum absolute atomic E-state index is 0.127. The number of halogens is 1. The second-order valence-corrected chi connectivity index (χ2v) is 7.13. The lowest BCUT2D eigenvalue weighted by Gasteiger charge is -2.22. The number of amides is 1. The Labute approximate surface area is 161 Å². The largest absolute Gasteiger partial charge is 0.419 e. The highest BCUT2D eigenvalue weighted by Crippen LogP contribution is 2.17. The molecule has 0 aliphatic carbocycles. The normalized spacial score (nSPS) is 15.7. The van der Waals surface area contributed by atoms with E-state index in [-0.39, 0.29) is 17.2 Å². The quantitative estimate of drug-likeness (QED) is 0.698. The smallest absolute Gasteiger partial charge is 0.408 e. The van der Waals surface area contributed by atoms with E-state index in [4.69, 9.17) is 4.42 Å². The summed E-state index contributed by atoms with van der Waals surface area (Å²) >= 11 is 0. The third-order valence-electron chi connectivity index (χ3n) is 5.24. The van der Waals surface area contributed by atoms with Crippen molar-refractivity contribution in [3.8, 4) is 0 Å². The Morgan fingerprint density at radius 2 is 1.93 bits per heavy atom. The van der Waals surface area contributed by atoms with Gasteiger partial charge in [0, 0.05) is 39.8 Å². The maximum absolute atomic E-state index is 13.9. The summed E-state index contributed by atoms with van der Waals surface area (Å²) in [4.78, 5) is 28.3. The van der Waals surface area contributed by atoms with Gasteiger partial charge in [-0.15, -0.1) is 0 Å². The average Bonchev–Trinajstić information content (AvgIpc) is 2.86. The number of hydrogen-bond acceptors (Lipinski definition) is 4. The first-order valence-corrected chi connectivity index (χ1v) is 9.37. The molecule has 0 unspecified atom stereocenters. The molecule has 1 fully saturated rings. The van der Waals surface area contributed by atoms with E-state index in [0.29, 0.717) is 25.2 Å². The zero-order valence-corrected chi connectivity index (χ0v) is 15.7. The molecule has 28 heavy (non-hydrogen) atoms. The predicted molar refractivity (Wildman–Crippen MR) is 104 cm³/mol. The molecule has 6 nitrogen and oxygen atoms in total. The van der Waals surface area contributed by atoms with Crippen LogP contribution >= 0.6 is 0 Å². The maximum Gasteiger partial charge on any atom is 0.419 e. The molecular formula is C21H22FN3O3. The molecule has 7 heteroatoms. The molecule has 2 aromatic carbocycles. The summed E-state index contributed by atoms with van der Waals surface area (Å²) in [6.07, 6.45) is 0.826. The number of carbonyl (C=O) groups is 1. The van der Waals surface area contributed by atoms with Gasteiger partial charge in [0.05, 0.1) is 11.1 Å². The van der Waals surface area contributed by atoms with Gasteiger partial charge in [-0.1, -0.05) is 18.2 Å². The molecule has 0 N–H and O–H groups in total. The summed E-state index contributed by atoms with van der Waals surface area (Å²) in [5.74, 6) is -1.10. The minimum Gasteiger partial charge on any atom is -0.408 e. The lowest BCUT2D eigenvalue weighted by Crippen LogP contribution is -2.35. The number of oxazole rings is 1. The summed E-state index contributed by atoms with van der Waals surface area (Å²) in [7, 11) is 1.69. The first-order chi connectivity index (χ1) is 13.5. The molecule has 0 saturated carbocycles. The van der Waals surface area contributed by atoms with Crippen LogP contribution < -0.4 is 5.76 Å². The molecule has 0 atom stereocenters. The molecule has 0 bridgehead atoms. The Kier molecular flexibility index (Phi) is 5.00. The molecule has 0 spiro atoms. The summed E-state index contributed by atoms with van der Waals surface area (Å²) in [6, 6.07) is 11.9. The van der Waals surface area contributed by atoms with Crippen molar-refractivity contribution in [2.45, 2.75) is 13.0 Å². The van der Waals surface area contributed by atoms with Crippen molar-refractivity contribution >= 4 is 17.0 Å². The highest BCUT2D eigenvalue weighted by atomic mass is 19.1. The van der Waals surface area contributed by atoms with E-state index in [0.717, 1.165) is 30.6 Å². The molecule has 1 aliphatic heterocycles. The van der Waals surface area contributed by atoms with Crippen molar-refractivity contribution in [1.29, 1.82) is 0 Å². The van der Waals surface area contributed by atoms with E-state index in [1.807, 2.05) is 18.2 Å². The summed E-state index contributed by atoms with van der Waals surface area (Å²) in [6.45, 7) is 3.45. The van der Waals surface area contributed by atoms with Crippen LogP contribution in [0.2, 0.25) is 0 Å². The Morgan fingerprint density at radius 3 is 2.75 bits per heavy atom. The van der Waals surface area contributed by atoms with Gasteiger partial charge in [-0.25, -0.2) is 9.18 Å². The van der Waals surface area contributed by atoms with Crippen molar-refractivity contribution in [2.24, 2.45) is 7.05 Å². The average molecular weight is 383 g/mol. The van der Waals surface area contributed by atoms with Crippen LogP contribution in [0.3, 0.4) is 0 Å². The van der Waals surface area contributed by atoms with Crippen LogP contribution in [0.4, 0.5) is 4.39 Å². The van der Waals surface area contributed by atoms with Gasteiger partial charge in [0.2, 0.25) is 0 Å². The van der Waals surface area contributed by atoms with E-state index in [9.17, 15) is 14.0 Å². The summed E-state index contributed by atoms with van der Waals surface area (Å²) in [5, 5.41) is 0. The fourth-order valence-electron chi connectivity index (χ4n) is 3.67. The first-order valence-electron chi connectivity index (χ1n) is 9.37. The van der Waals surface area contributed by atoms with Gasteiger partial charge in [0.25, 0.3) is 5.91 Å². The van der Waals surface area contributed by atoms with Crippen LogP contribution in [-0.4, -0.2) is 46.5 Å². The second kappa shape index (κ2) is 7.59. The van der Waals surface area contributed by atoms with Crippen LogP contribution in [-0.2, 0) is 13.6 Å². The van der Waals surface area contributed by atoms with Crippen LogP contribution in [0.15, 0.2) is 51.7 Å². The van der Waals surface area contributed by atoms with E-state index in [2.05, 4.69) is 4.90 Å². The van der Waals surface area contributed by atoms with Gasteiger partial charge in [-0.3, -0.25) is 14.3 Å². The third kappa shape index (κ3) is 3.57. The topological polar surface area (TPSA) is 58.7 Å². The Bertz CT molecular complexity index is 1070. The number of rotatable bonds is 3. The molecule has 2 heterocycles. The van der Waals surface area contributed by atoms with Crippen molar-refractivity contribution < 1.29 is 13.6 Å². The molecule has 1 saturated heterocycles. The van der Waals surface area contributed by atoms with E-state index >= 15 is 0 Å². The number of aromatic nitrogens is 1. The van der Waals surface area contributed by atoms with Crippen molar-refractivity contribution in [3.05, 3.63) is 70.0 Å². The SMILES string of the molecule is Cn1c(=O)oc2ccc(CN3CCCN(C(=O)c4ccccc4F)CC3)cc21. The van der Waals surface area contributed by atoms with Crippen LogP contribution in [0.1, 0.15) is 22.3 Å². The lowest BCUT2D eigenvalue weighted by molar-refractivity contribution is 0.0756. The second-order valence-electron chi connectivity index (χ2n) is 7.13. The Morgan fingerprint density at radius 1 is 1.11 bits per heavy atom. The van der Waals surface area contributed by atoms with E-state index in [1.54, 1.807) is 24.1 Å². The molecule has 0 radical (unpaired) electrons. The van der Waals surface area contributed by atoms with Crippen molar-refractivity contribution in [1.82, 2.24) is 14.4 Å². The van der Waals surface area contributed by atoms with E-state index in [1.165, 1.54) is 16.7 Å². The molecule has 3 aromatic rings. The number of fused-ring (bicyclic) bond motifs is 1. The zero-order valence-electron chi connectivity index (χ0n) is 15.7. The number of carbonyl (C=O) groups excluding carboxylic acids is 1. The minimum atomic E-state index is -0.479. The monoisotopic (exact) mass is 383 g/mol. The predicted octanol–water partition coefficient (Wildman–Crippen LogP) is 2.62. The number of nitrogens with zero attached hydrogens (tertiary/aromatic N) is 3. The summed E-state index contributed by atoms with van der Waals surface area (Å²) < 4.78 is 20.6. The molecule has 4 rings (SSSR count).